The molecule has 1 N–H and O–H groups in total. The molecule has 0 aliphatic carbocycles. The van der Waals surface area contributed by atoms with E-state index < -0.39 is 0 Å². The topological polar surface area (TPSA) is 44.7 Å². The third kappa shape index (κ3) is 4.44. The number of amides is 1. The van der Waals surface area contributed by atoms with Gasteiger partial charge in [-0.1, -0.05) is 30.1 Å². The van der Waals surface area contributed by atoms with Gasteiger partial charge in [-0.3, -0.25) is 4.79 Å². The smallest absolute Gasteiger partial charge is 0.272 e. The summed E-state index contributed by atoms with van der Waals surface area (Å²) in [4.78, 5) is 14.8. The Morgan fingerprint density at radius 3 is 2.69 bits per heavy atom. The molecule has 1 atom stereocenters. The van der Waals surface area contributed by atoms with E-state index >= 15 is 0 Å². The summed E-state index contributed by atoms with van der Waals surface area (Å²) in [5.41, 5.74) is 7.76. The number of carbonyl (C=O) groups is 1. The Morgan fingerprint density at radius 2 is 2.03 bits per heavy atom. The lowest BCUT2D eigenvalue weighted by Gasteiger charge is -2.47. The molecule has 6 heteroatoms. The summed E-state index contributed by atoms with van der Waals surface area (Å²) in [7, 11) is 0. The molecular weight excluding hydrogens is 405 g/mol. The number of halogens is 2. The number of hydrazone groups is 1. The number of hydrogen-bond acceptors (Lipinski definition) is 3. The highest BCUT2D eigenvalue weighted by molar-refractivity contribution is 6.36. The zero-order valence-electron chi connectivity index (χ0n) is 17.5. The highest BCUT2D eigenvalue weighted by atomic mass is 35.5. The summed E-state index contributed by atoms with van der Waals surface area (Å²) in [6, 6.07) is 9.18. The van der Waals surface area contributed by atoms with Gasteiger partial charge >= 0.3 is 0 Å². The predicted molar refractivity (Wildman–Crippen MR) is 123 cm³/mol. The Labute approximate surface area is 182 Å². The molecule has 1 unspecified atom stereocenters. The van der Waals surface area contributed by atoms with E-state index in [1.807, 2.05) is 0 Å². The van der Waals surface area contributed by atoms with Crippen molar-refractivity contribution in [2.75, 3.05) is 11.4 Å². The fourth-order valence-electron chi connectivity index (χ4n) is 4.28. The summed E-state index contributed by atoms with van der Waals surface area (Å²) in [5.74, 6) is 0.0869. The van der Waals surface area contributed by atoms with Gasteiger partial charge in [-0.25, -0.2) is 5.43 Å². The summed E-state index contributed by atoms with van der Waals surface area (Å²) in [6.07, 6.45) is 2.79. The van der Waals surface area contributed by atoms with Gasteiger partial charge in [0.05, 0.1) is 16.8 Å². The summed E-state index contributed by atoms with van der Waals surface area (Å²) in [6.45, 7) is 12.1. The third-order valence-corrected chi connectivity index (χ3v) is 6.18. The zero-order valence-corrected chi connectivity index (χ0v) is 19.0. The number of nitrogens with zero attached hydrogens (tertiary/aromatic N) is 2. The molecule has 2 aromatic carbocycles. The molecule has 2 aromatic rings. The van der Waals surface area contributed by atoms with Gasteiger partial charge in [-0.15, -0.1) is 0 Å². The first kappa shape index (κ1) is 21.7. The fraction of sp³-hybridized carbons (Fsp3) is 0.391. The SMILES string of the molecule is CCN1c2cc(C)c(/C=N/NC(=O)c3ccc(Cl)cc3Cl)cc2C(C)CC1(C)C. The molecule has 0 saturated heterocycles. The first-order valence-electron chi connectivity index (χ1n) is 9.84. The number of nitrogens with one attached hydrogen (secondary N) is 1. The van der Waals surface area contributed by atoms with Gasteiger partial charge in [0, 0.05) is 22.8 Å². The standard InChI is InChI=1S/C23H27Cl2N3O/c1-6-28-21-9-14(2)16(10-19(21)15(3)12-23(28,4)5)13-26-27-22(29)18-8-7-17(24)11-20(18)25/h7-11,13,15H,6,12H2,1-5H3,(H,27,29)/b26-13+. The zero-order chi connectivity index (χ0) is 21.3. The minimum Gasteiger partial charge on any atom is -0.366 e. The lowest BCUT2D eigenvalue weighted by Crippen LogP contribution is -2.48. The van der Waals surface area contributed by atoms with Gasteiger partial charge in [0.2, 0.25) is 0 Å². The number of rotatable bonds is 4. The van der Waals surface area contributed by atoms with E-state index in [1.165, 1.54) is 17.3 Å². The summed E-state index contributed by atoms with van der Waals surface area (Å²) >= 11 is 12.0. The largest absolute Gasteiger partial charge is 0.366 e. The van der Waals surface area contributed by atoms with E-state index in [2.05, 4.69) is 62.2 Å². The van der Waals surface area contributed by atoms with Crippen LogP contribution in [0.25, 0.3) is 0 Å². The second kappa shape index (κ2) is 8.37. The van der Waals surface area contributed by atoms with Gasteiger partial charge in [0.1, 0.15) is 0 Å². The molecule has 1 amide bonds. The molecule has 0 spiro atoms. The first-order chi connectivity index (χ1) is 13.6. The molecule has 0 aromatic heterocycles. The second-order valence-electron chi connectivity index (χ2n) is 8.25. The number of fused-ring (bicyclic) bond motifs is 1. The minimum absolute atomic E-state index is 0.134. The highest BCUT2D eigenvalue weighted by Crippen LogP contribution is 2.44. The van der Waals surface area contributed by atoms with E-state index in [4.69, 9.17) is 23.2 Å². The van der Waals surface area contributed by atoms with Crippen molar-refractivity contribution in [1.29, 1.82) is 0 Å². The Bertz CT molecular complexity index is 969. The summed E-state index contributed by atoms with van der Waals surface area (Å²) in [5, 5.41) is 4.94. The van der Waals surface area contributed by atoms with Gasteiger partial charge in [-0.2, -0.15) is 5.10 Å². The van der Waals surface area contributed by atoms with Crippen LogP contribution in [0.15, 0.2) is 35.4 Å². The average Bonchev–Trinajstić information content (AvgIpc) is 2.62. The number of benzene rings is 2. The Kier molecular flexibility index (Phi) is 6.25. The van der Waals surface area contributed by atoms with E-state index in [1.54, 1.807) is 18.3 Å². The number of carbonyl (C=O) groups excluding carboxylic acids is 1. The Morgan fingerprint density at radius 1 is 1.31 bits per heavy atom. The number of hydrogen-bond donors (Lipinski definition) is 1. The van der Waals surface area contributed by atoms with Crippen LogP contribution in [0.4, 0.5) is 5.69 Å². The first-order valence-corrected chi connectivity index (χ1v) is 10.6. The normalized spacial score (nSPS) is 18.0. The number of anilines is 1. The van der Waals surface area contributed by atoms with Crippen molar-refractivity contribution in [2.24, 2.45) is 5.10 Å². The van der Waals surface area contributed by atoms with Gasteiger partial charge in [-0.05, 0) is 87.1 Å². The maximum Gasteiger partial charge on any atom is 0.272 e. The Balaban J connectivity index is 1.83. The lowest BCUT2D eigenvalue weighted by molar-refractivity contribution is 0.0955. The maximum absolute atomic E-state index is 12.3. The van der Waals surface area contributed by atoms with E-state index in [0.29, 0.717) is 21.5 Å². The van der Waals surface area contributed by atoms with Crippen LogP contribution in [0.3, 0.4) is 0 Å². The van der Waals surface area contributed by atoms with Crippen molar-refractivity contribution < 1.29 is 4.79 Å². The van der Waals surface area contributed by atoms with Crippen molar-refractivity contribution in [3.05, 3.63) is 62.6 Å². The molecule has 0 saturated carbocycles. The van der Waals surface area contributed by atoms with Crippen LogP contribution in [-0.2, 0) is 0 Å². The quantitative estimate of drug-likeness (QED) is 0.463. The van der Waals surface area contributed by atoms with E-state index in [9.17, 15) is 4.79 Å². The Hall–Kier alpha value is -2.04. The van der Waals surface area contributed by atoms with Crippen molar-refractivity contribution in [3.63, 3.8) is 0 Å². The molecule has 154 valence electrons. The molecule has 4 nitrogen and oxygen atoms in total. The highest BCUT2D eigenvalue weighted by Gasteiger charge is 2.35. The van der Waals surface area contributed by atoms with Crippen molar-refractivity contribution >= 4 is 41.0 Å². The third-order valence-electron chi connectivity index (χ3n) is 5.64. The van der Waals surface area contributed by atoms with Gasteiger partial charge in [0.25, 0.3) is 5.91 Å². The molecule has 0 fully saturated rings. The van der Waals surface area contributed by atoms with Crippen molar-refractivity contribution in [3.8, 4) is 0 Å². The fourth-order valence-corrected chi connectivity index (χ4v) is 4.78. The van der Waals surface area contributed by atoms with Crippen molar-refractivity contribution in [1.82, 2.24) is 5.43 Å². The molecular formula is C23H27Cl2N3O. The average molecular weight is 432 g/mol. The van der Waals surface area contributed by atoms with Crippen LogP contribution < -0.4 is 10.3 Å². The van der Waals surface area contributed by atoms with Gasteiger partial charge < -0.3 is 4.90 Å². The molecule has 29 heavy (non-hydrogen) atoms. The van der Waals surface area contributed by atoms with E-state index in [-0.39, 0.29) is 11.4 Å². The van der Waals surface area contributed by atoms with E-state index in [0.717, 1.165) is 24.1 Å². The molecule has 0 bridgehead atoms. The molecule has 1 aliphatic rings. The molecule has 1 aliphatic heterocycles. The van der Waals surface area contributed by atoms with Crippen LogP contribution in [0.2, 0.25) is 10.0 Å². The van der Waals surface area contributed by atoms with Crippen LogP contribution in [0.1, 0.15) is 67.1 Å². The van der Waals surface area contributed by atoms with Crippen molar-refractivity contribution in [2.45, 2.75) is 52.5 Å². The molecule has 1 heterocycles. The second-order valence-corrected chi connectivity index (χ2v) is 9.10. The van der Waals surface area contributed by atoms with Crippen LogP contribution >= 0.6 is 23.2 Å². The maximum atomic E-state index is 12.3. The molecule has 3 rings (SSSR count). The van der Waals surface area contributed by atoms with Gasteiger partial charge in [0.15, 0.2) is 0 Å². The molecule has 0 radical (unpaired) electrons. The van der Waals surface area contributed by atoms with Crippen LogP contribution in [0.5, 0.6) is 0 Å². The number of aryl methyl sites for hydroxylation is 1. The monoisotopic (exact) mass is 431 g/mol. The predicted octanol–water partition coefficient (Wildman–Crippen LogP) is 6.18. The van der Waals surface area contributed by atoms with Crippen LogP contribution in [-0.4, -0.2) is 24.2 Å². The minimum atomic E-state index is -0.370. The lowest BCUT2D eigenvalue weighted by atomic mass is 9.79. The van der Waals surface area contributed by atoms with Crippen LogP contribution in [0, 0.1) is 6.92 Å². The summed E-state index contributed by atoms with van der Waals surface area (Å²) < 4.78 is 0.